The number of halogens is 1. The van der Waals surface area contributed by atoms with Crippen molar-refractivity contribution >= 4 is 51.5 Å². The molecule has 0 unspecified atom stereocenters. The number of aryl methyl sites for hydroxylation is 1. The summed E-state index contributed by atoms with van der Waals surface area (Å²) in [6, 6.07) is 12.9. The van der Waals surface area contributed by atoms with Gasteiger partial charge < -0.3 is 9.84 Å². The van der Waals surface area contributed by atoms with Crippen LogP contribution in [0, 0.1) is 6.92 Å². The zero-order valence-corrected chi connectivity index (χ0v) is 21.1. The fourth-order valence-corrected chi connectivity index (χ4v) is 5.08. The topological polar surface area (TPSA) is 96.8 Å². The van der Waals surface area contributed by atoms with Crippen LogP contribution in [0.5, 0.6) is 0 Å². The molecule has 9 heteroatoms. The minimum absolute atomic E-state index is 0.0675. The number of nitrogens with zero attached hydrogens (tertiary/aromatic N) is 2. The van der Waals surface area contributed by atoms with Crippen molar-refractivity contribution in [1.82, 2.24) is 4.98 Å². The second-order valence-corrected chi connectivity index (χ2v) is 9.81. The van der Waals surface area contributed by atoms with E-state index in [1.807, 2.05) is 24.3 Å². The van der Waals surface area contributed by atoms with Crippen LogP contribution in [0.15, 0.2) is 54.1 Å². The Kier molecular flexibility index (Phi) is 6.78. The van der Waals surface area contributed by atoms with E-state index in [1.54, 1.807) is 31.2 Å². The standard InChI is InChI=1S/C26H23ClN2O5S/c1-13(2)15-5-7-16(8-6-15)20-19(21(30)17-9-11-18(27)12-10-17)22(31)24(32)29(20)26-28-14(3)23(35-26)25(33)34-4/h5-13,20,30H,1-4H3/b21-19+/t20-/m1/s1. The van der Waals surface area contributed by atoms with Crippen molar-refractivity contribution in [1.29, 1.82) is 0 Å². The maximum atomic E-state index is 13.3. The number of Topliss-reactive ketones (excluding diaryl/α,β-unsaturated/α-hetero) is 1. The van der Waals surface area contributed by atoms with Crippen LogP contribution in [-0.2, 0) is 14.3 Å². The molecule has 1 aliphatic rings. The number of aromatic nitrogens is 1. The number of ketones is 1. The maximum absolute atomic E-state index is 13.3. The van der Waals surface area contributed by atoms with Crippen LogP contribution in [0.2, 0.25) is 5.02 Å². The van der Waals surface area contributed by atoms with Crippen molar-refractivity contribution in [3.8, 4) is 0 Å². The molecule has 2 aromatic carbocycles. The molecule has 2 heterocycles. The summed E-state index contributed by atoms with van der Waals surface area (Å²) >= 11 is 6.94. The molecule has 7 nitrogen and oxygen atoms in total. The highest BCUT2D eigenvalue weighted by Crippen LogP contribution is 2.44. The molecule has 1 fully saturated rings. The van der Waals surface area contributed by atoms with E-state index in [-0.39, 0.29) is 27.3 Å². The van der Waals surface area contributed by atoms with Gasteiger partial charge in [0.05, 0.1) is 24.4 Å². The van der Waals surface area contributed by atoms with Gasteiger partial charge in [0.2, 0.25) is 0 Å². The summed E-state index contributed by atoms with van der Waals surface area (Å²) in [5.74, 6) is -2.30. The first kappa shape index (κ1) is 24.6. The van der Waals surface area contributed by atoms with Crippen LogP contribution in [0.1, 0.15) is 57.9 Å². The first-order valence-corrected chi connectivity index (χ1v) is 12.1. The summed E-state index contributed by atoms with van der Waals surface area (Å²) in [5, 5.41) is 11.8. The van der Waals surface area contributed by atoms with Crippen molar-refractivity contribution in [3.05, 3.63) is 86.4 Å². The number of hydrogen-bond acceptors (Lipinski definition) is 7. The van der Waals surface area contributed by atoms with Crippen molar-refractivity contribution in [2.45, 2.75) is 32.7 Å². The Balaban J connectivity index is 1.92. The Morgan fingerprint density at radius 1 is 1.11 bits per heavy atom. The molecule has 0 saturated carbocycles. The number of ether oxygens (including phenoxy) is 1. The first-order chi connectivity index (χ1) is 16.6. The third kappa shape index (κ3) is 4.47. The van der Waals surface area contributed by atoms with E-state index in [9.17, 15) is 19.5 Å². The number of rotatable bonds is 5. The average Bonchev–Trinajstić information content (AvgIpc) is 3.35. The quantitative estimate of drug-likeness (QED) is 0.206. The fraction of sp³-hybridized carbons (Fsp3) is 0.231. The van der Waals surface area contributed by atoms with Crippen LogP contribution in [0.3, 0.4) is 0 Å². The number of anilines is 1. The summed E-state index contributed by atoms with van der Waals surface area (Å²) in [4.78, 5) is 44.6. The summed E-state index contributed by atoms with van der Waals surface area (Å²) in [7, 11) is 1.26. The summed E-state index contributed by atoms with van der Waals surface area (Å²) in [5.41, 5.74) is 2.37. The molecule has 0 aliphatic carbocycles. The lowest BCUT2D eigenvalue weighted by molar-refractivity contribution is -0.132. The second-order valence-electron chi connectivity index (χ2n) is 8.40. The van der Waals surface area contributed by atoms with Gasteiger partial charge in [0, 0.05) is 10.6 Å². The lowest BCUT2D eigenvalue weighted by atomic mass is 9.93. The molecule has 180 valence electrons. The predicted octanol–water partition coefficient (Wildman–Crippen LogP) is 5.64. The van der Waals surface area contributed by atoms with Crippen LogP contribution in [-0.4, -0.2) is 34.9 Å². The van der Waals surface area contributed by atoms with Crippen LogP contribution in [0.25, 0.3) is 5.76 Å². The molecule has 0 spiro atoms. The molecule has 1 amide bonds. The van der Waals surface area contributed by atoms with E-state index in [1.165, 1.54) is 12.0 Å². The SMILES string of the molecule is COC(=O)c1sc(N2C(=O)C(=O)/C(=C(/O)c3ccc(Cl)cc3)[C@H]2c2ccc(C(C)C)cc2)nc1C. The van der Waals surface area contributed by atoms with Gasteiger partial charge in [-0.25, -0.2) is 9.78 Å². The number of aliphatic hydroxyl groups excluding tert-OH is 1. The minimum Gasteiger partial charge on any atom is -0.507 e. The molecule has 1 aromatic heterocycles. The molecule has 1 saturated heterocycles. The zero-order valence-electron chi connectivity index (χ0n) is 19.5. The predicted molar refractivity (Wildman–Crippen MR) is 135 cm³/mol. The van der Waals surface area contributed by atoms with Gasteiger partial charge in [-0.15, -0.1) is 0 Å². The highest BCUT2D eigenvalue weighted by molar-refractivity contribution is 7.17. The molecular weight excluding hydrogens is 488 g/mol. The maximum Gasteiger partial charge on any atom is 0.350 e. The molecular formula is C26H23ClN2O5S. The molecule has 3 aromatic rings. The highest BCUT2D eigenvalue weighted by Gasteiger charge is 2.48. The lowest BCUT2D eigenvalue weighted by Gasteiger charge is -2.23. The minimum atomic E-state index is -0.942. The zero-order chi connectivity index (χ0) is 25.4. The second kappa shape index (κ2) is 9.64. The molecule has 1 aliphatic heterocycles. The molecule has 0 radical (unpaired) electrons. The van der Waals surface area contributed by atoms with E-state index < -0.39 is 23.7 Å². The Hall–Kier alpha value is -3.49. The first-order valence-electron chi connectivity index (χ1n) is 10.9. The molecule has 4 rings (SSSR count). The third-order valence-corrected chi connectivity index (χ3v) is 7.23. The molecule has 35 heavy (non-hydrogen) atoms. The summed E-state index contributed by atoms with van der Waals surface area (Å²) < 4.78 is 4.82. The Bertz CT molecular complexity index is 1340. The van der Waals surface area contributed by atoms with E-state index >= 15 is 0 Å². The summed E-state index contributed by atoms with van der Waals surface area (Å²) in [6.07, 6.45) is 0. The fourth-order valence-electron chi connectivity index (χ4n) is 3.94. The number of carbonyl (C=O) groups excluding carboxylic acids is 3. The van der Waals surface area contributed by atoms with Gasteiger partial charge in [-0.2, -0.15) is 0 Å². The smallest absolute Gasteiger partial charge is 0.350 e. The van der Waals surface area contributed by atoms with Crippen LogP contribution < -0.4 is 4.90 Å². The van der Waals surface area contributed by atoms with Gasteiger partial charge >= 0.3 is 11.9 Å². The number of hydrogen-bond donors (Lipinski definition) is 1. The Morgan fingerprint density at radius 3 is 2.31 bits per heavy atom. The van der Waals surface area contributed by atoms with Gasteiger partial charge in [0.15, 0.2) is 5.13 Å². The van der Waals surface area contributed by atoms with Crippen molar-refractivity contribution in [3.63, 3.8) is 0 Å². The van der Waals surface area contributed by atoms with Gasteiger partial charge in [0.25, 0.3) is 5.78 Å². The molecule has 0 bridgehead atoms. The largest absolute Gasteiger partial charge is 0.507 e. The van der Waals surface area contributed by atoms with E-state index in [2.05, 4.69) is 18.8 Å². The molecule has 1 atom stereocenters. The number of benzene rings is 2. The van der Waals surface area contributed by atoms with Crippen LogP contribution in [0.4, 0.5) is 5.13 Å². The van der Waals surface area contributed by atoms with E-state index in [0.29, 0.717) is 21.8 Å². The van der Waals surface area contributed by atoms with Crippen molar-refractivity contribution in [2.24, 2.45) is 0 Å². The van der Waals surface area contributed by atoms with Crippen molar-refractivity contribution in [2.75, 3.05) is 12.0 Å². The lowest BCUT2D eigenvalue weighted by Crippen LogP contribution is -2.29. The average molecular weight is 511 g/mol. The van der Waals surface area contributed by atoms with Gasteiger partial charge in [0.1, 0.15) is 10.6 Å². The van der Waals surface area contributed by atoms with Gasteiger partial charge in [-0.05, 0) is 48.2 Å². The number of esters is 1. The van der Waals surface area contributed by atoms with Gasteiger partial charge in [-0.3, -0.25) is 14.5 Å². The Morgan fingerprint density at radius 2 is 1.74 bits per heavy atom. The van der Waals surface area contributed by atoms with Gasteiger partial charge in [-0.1, -0.05) is 61.1 Å². The Labute approximate surface area is 211 Å². The van der Waals surface area contributed by atoms with E-state index in [0.717, 1.165) is 16.9 Å². The van der Waals surface area contributed by atoms with Crippen LogP contribution >= 0.6 is 22.9 Å². The number of methoxy groups -OCH3 is 1. The monoisotopic (exact) mass is 510 g/mol. The number of amides is 1. The number of aliphatic hydroxyl groups is 1. The number of carbonyl (C=O) groups is 3. The normalized spacial score (nSPS) is 17.3. The van der Waals surface area contributed by atoms with Crippen molar-refractivity contribution < 1.29 is 24.2 Å². The molecule has 1 N–H and O–H groups in total. The third-order valence-electron chi connectivity index (χ3n) is 5.84. The summed E-state index contributed by atoms with van der Waals surface area (Å²) in [6.45, 7) is 5.76. The highest BCUT2D eigenvalue weighted by atomic mass is 35.5. The number of thiazole rings is 1. The van der Waals surface area contributed by atoms with E-state index in [4.69, 9.17) is 16.3 Å².